The van der Waals surface area contributed by atoms with Crippen molar-refractivity contribution >= 4 is 23.4 Å². The minimum atomic E-state index is -0.845. The van der Waals surface area contributed by atoms with Crippen LogP contribution in [-0.4, -0.2) is 22.9 Å². The highest BCUT2D eigenvalue weighted by Crippen LogP contribution is 2.35. The molecule has 1 aromatic carbocycles. The van der Waals surface area contributed by atoms with Crippen LogP contribution in [0.2, 0.25) is 0 Å². The van der Waals surface area contributed by atoms with E-state index in [2.05, 4.69) is 19.2 Å². The largest absolute Gasteiger partial charge is 0.478 e. The topological polar surface area (TPSA) is 49.3 Å². The molecule has 0 saturated heterocycles. The smallest absolute Gasteiger partial charge is 0.338 e. The summed E-state index contributed by atoms with van der Waals surface area (Å²) in [5.74, 6) is 1.32. The van der Waals surface area contributed by atoms with Crippen molar-refractivity contribution in [3.05, 3.63) is 23.8 Å². The molecule has 2 N–H and O–H groups in total. The van der Waals surface area contributed by atoms with Crippen LogP contribution in [0.5, 0.6) is 0 Å². The van der Waals surface area contributed by atoms with Gasteiger partial charge in [0, 0.05) is 10.9 Å². The zero-order valence-corrected chi connectivity index (χ0v) is 13.2. The molecule has 0 amide bonds. The summed E-state index contributed by atoms with van der Waals surface area (Å²) in [5, 5.41) is 13.0. The Balaban J connectivity index is 2.27. The van der Waals surface area contributed by atoms with Gasteiger partial charge in [0.15, 0.2) is 0 Å². The van der Waals surface area contributed by atoms with Gasteiger partial charge in [0.05, 0.1) is 11.3 Å². The van der Waals surface area contributed by atoms with E-state index in [9.17, 15) is 9.90 Å². The van der Waals surface area contributed by atoms with E-state index in [1.54, 1.807) is 11.8 Å². The molecule has 1 fully saturated rings. The molecule has 3 nitrogen and oxygen atoms in total. The van der Waals surface area contributed by atoms with Crippen molar-refractivity contribution < 1.29 is 9.90 Å². The summed E-state index contributed by atoms with van der Waals surface area (Å²) in [7, 11) is 0. The summed E-state index contributed by atoms with van der Waals surface area (Å²) >= 11 is 1.58. The second-order valence-corrected chi connectivity index (χ2v) is 6.89. The molecule has 20 heavy (non-hydrogen) atoms. The number of rotatable bonds is 5. The second kappa shape index (κ2) is 6.53. The maximum atomic E-state index is 11.6. The first-order valence-electron chi connectivity index (χ1n) is 7.30. The average Bonchev–Trinajstić information content (AvgIpc) is 2.71. The Hall–Kier alpha value is -1.16. The lowest BCUT2D eigenvalue weighted by atomic mass is 9.97. The highest BCUT2D eigenvalue weighted by molar-refractivity contribution is 7.99. The van der Waals surface area contributed by atoms with E-state index in [1.807, 2.05) is 25.1 Å². The van der Waals surface area contributed by atoms with Crippen LogP contribution in [0.15, 0.2) is 23.1 Å². The predicted octanol–water partition coefficient (Wildman–Crippen LogP) is 4.34. The van der Waals surface area contributed by atoms with E-state index in [4.69, 9.17) is 0 Å². The van der Waals surface area contributed by atoms with Gasteiger partial charge in [0.25, 0.3) is 0 Å². The first-order chi connectivity index (χ1) is 9.54. The van der Waals surface area contributed by atoms with E-state index in [0.29, 0.717) is 23.4 Å². The number of thioether (sulfide) groups is 1. The highest BCUT2D eigenvalue weighted by Gasteiger charge is 2.30. The molecule has 3 unspecified atom stereocenters. The molecule has 0 radical (unpaired) electrons. The maximum Gasteiger partial charge on any atom is 0.338 e. The molecule has 0 bridgehead atoms. The van der Waals surface area contributed by atoms with Gasteiger partial charge in [0.2, 0.25) is 0 Å². The average molecular weight is 293 g/mol. The maximum absolute atomic E-state index is 11.6. The zero-order chi connectivity index (χ0) is 14.7. The van der Waals surface area contributed by atoms with Crippen molar-refractivity contribution in [3.63, 3.8) is 0 Å². The van der Waals surface area contributed by atoms with Gasteiger partial charge in [0.1, 0.15) is 0 Å². The summed E-state index contributed by atoms with van der Waals surface area (Å²) in [6.07, 6.45) is 2.33. The van der Waals surface area contributed by atoms with Crippen LogP contribution in [0.1, 0.15) is 44.0 Å². The standard InChI is InChI=1S/C16H23NO2S/c1-4-20-14-7-5-6-13(15(14)16(18)19)17-12-9-8-10(2)11(12)3/h5-7,10-12,17H,4,8-9H2,1-3H3,(H,18,19). The number of carboxylic acid groups (broad SMARTS) is 1. The third kappa shape index (κ3) is 3.11. The van der Waals surface area contributed by atoms with E-state index < -0.39 is 5.97 Å². The number of nitrogens with one attached hydrogen (secondary N) is 1. The van der Waals surface area contributed by atoms with Crippen LogP contribution in [-0.2, 0) is 0 Å². The van der Waals surface area contributed by atoms with E-state index in [1.165, 1.54) is 6.42 Å². The molecular weight excluding hydrogens is 270 g/mol. The highest BCUT2D eigenvalue weighted by atomic mass is 32.2. The minimum absolute atomic E-state index is 0.380. The number of benzene rings is 1. The van der Waals surface area contributed by atoms with Crippen LogP contribution in [0.25, 0.3) is 0 Å². The number of anilines is 1. The third-order valence-corrected chi connectivity index (χ3v) is 5.29. The summed E-state index contributed by atoms with van der Waals surface area (Å²) in [4.78, 5) is 12.4. The molecule has 2 rings (SSSR count). The molecular formula is C16H23NO2S. The van der Waals surface area contributed by atoms with Crippen LogP contribution < -0.4 is 5.32 Å². The van der Waals surface area contributed by atoms with Crippen molar-refractivity contribution in [2.45, 2.75) is 44.6 Å². The van der Waals surface area contributed by atoms with Crippen LogP contribution in [0, 0.1) is 11.8 Å². The van der Waals surface area contributed by atoms with Gasteiger partial charge in [-0.05, 0) is 42.6 Å². The fraction of sp³-hybridized carbons (Fsp3) is 0.562. The van der Waals surface area contributed by atoms with Crippen molar-refractivity contribution in [2.75, 3.05) is 11.1 Å². The molecule has 110 valence electrons. The van der Waals surface area contributed by atoms with Gasteiger partial charge in [-0.2, -0.15) is 0 Å². The summed E-state index contributed by atoms with van der Waals surface area (Å²) < 4.78 is 0. The first-order valence-corrected chi connectivity index (χ1v) is 8.28. The van der Waals surface area contributed by atoms with Crippen LogP contribution in [0.3, 0.4) is 0 Å². The van der Waals surface area contributed by atoms with Crippen molar-refractivity contribution in [1.82, 2.24) is 0 Å². The normalized spacial score (nSPS) is 25.6. The quantitative estimate of drug-likeness (QED) is 0.793. The van der Waals surface area contributed by atoms with E-state index in [0.717, 1.165) is 22.8 Å². The Kier molecular flexibility index (Phi) is 4.97. The number of carboxylic acids is 1. The van der Waals surface area contributed by atoms with Gasteiger partial charge in [-0.3, -0.25) is 0 Å². The number of hydrogen-bond acceptors (Lipinski definition) is 3. The lowest BCUT2D eigenvalue weighted by molar-refractivity contribution is 0.0694. The summed E-state index contributed by atoms with van der Waals surface area (Å²) in [6.45, 7) is 6.56. The molecule has 1 aliphatic rings. The Bertz CT molecular complexity index is 489. The fourth-order valence-electron chi connectivity index (χ4n) is 2.92. The minimum Gasteiger partial charge on any atom is -0.478 e. The molecule has 3 atom stereocenters. The summed E-state index contributed by atoms with van der Waals surface area (Å²) in [6, 6.07) is 6.10. The van der Waals surface area contributed by atoms with Crippen molar-refractivity contribution in [1.29, 1.82) is 0 Å². The SMILES string of the molecule is CCSc1cccc(NC2CCC(C)C2C)c1C(=O)O. The molecule has 0 heterocycles. The Morgan fingerprint density at radius 3 is 2.70 bits per heavy atom. The van der Waals surface area contributed by atoms with Crippen molar-refractivity contribution in [3.8, 4) is 0 Å². The van der Waals surface area contributed by atoms with E-state index in [-0.39, 0.29) is 0 Å². The zero-order valence-electron chi connectivity index (χ0n) is 12.3. The monoisotopic (exact) mass is 293 g/mol. The lowest BCUT2D eigenvalue weighted by Crippen LogP contribution is -2.25. The molecule has 0 aromatic heterocycles. The molecule has 1 saturated carbocycles. The third-order valence-electron chi connectivity index (χ3n) is 4.35. The number of hydrogen-bond donors (Lipinski definition) is 2. The van der Waals surface area contributed by atoms with Gasteiger partial charge < -0.3 is 10.4 Å². The van der Waals surface area contributed by atoms with Crippen molar-refractivity contribution in [2.24, 2.45) is 11.8 Å². The summed E-state index contributed by atoms with van der Waals surface area (Å²) in [5.41, 5.74) is 1.19. The lowest BCUT2D eigenvalue weighted by Gasteiger charge is -2.22. The van der Waals surface area contributed by atoms with Gasteiger partial charge in [-0.15, -0.1) is 11.8 Å². The number of aromatic carboxylic acids is 1. The fourth-order valence-corrected chi connectivity index (χ4v) is 3.74. The predicted molar refractivity (Wildman–Crippen MR) is 84.8 cm³/mol. The van der Waals surface area contributed by atoms with Crippen LogP contribution >= 0.6 is 11.8 Å². The van der Waals surface area contributed by atoms with Crippen LogP contribution in [0.4, 0.5) is 5.69 Å². The molecule has 0 aliphatic heterocycles. The molecule has 1 aliphatic carbocycles. The Morgan fingerprint density at radius 2 is 2.15 bits per heavy atom. The Labute approximate surface area is 125 Å². The molecule has 1 aromatic rings. The van der Waals surface area contributed by atoms with Gasteiger partial charge in [-0.1, -0.05) is 26.8 Å². The molecule has 4 heteroatoms. The first kappa shape index (κ1) is 15.2. The second-order valence-electron chi connectivity index (χ2n) is 5.58. The van der Waals surface area contributed by atoms with Gasteiger partial charge in [-0.25, -0.2) is 4.79 Å². The number of carbonyl (C=O) groups is 1. The Morgan fingerprint density at radius 1 is 1.40 bits per heavy atom. The van der Waals surface area contributed by atoms with E-state index >= 15 is 0 Å². The van der Waals surface area contributed by atoms with Gasteiger partial charge >= 0.3 is 5.97 Å². The molecule has 0 spiro atoms.